The van der Waals surface area contributed by atoms with E-state index in [-0.39, 0.29) is 6.61 Å². The number of halogens is 2. The number of carbonyl (C=O) groups excluding carboxylic acids is 1. The molecule has 0 bridgehead atoms. The van der Waals surface area contributed by atoms with Crippen LogP contribution < -0.4 is 9.47 Å². The van der Waals surface area contributed by atoms with Crippen molar-refractivity contribution < 1.29 is 14.3 Å². The summed E-state index contributed by atoms with van der Waals surface area (Å²) in [6.45, 7) is 0.257. The van der Waals surface area contributed by atoms with Gasteiger partial charge in [0.15, 0.2) is 6.29 Å². The Morgan fingerprint density at radius 1 is 1.30 bits per heavy atom. The predicted octanol–water partition coefficient (Wildman–Crippen LogP) is 4.50. The van der Waals surface area contributed by atoms with Crippen LogP contribution in [0, 0.1) is 0 Å². The highest BCUT2D eigenvalue weighted by Crippen LogP contribution is 2.30. The zero-order valence-electron chi connectivity index (χ0n) is 10.7. The van der Waals surface area contributed by atoms with Crippen molar-refractivity contribution in [1.82, 2.24) is 0 Å². The Balaban J connectivity index is 2.25. The first-order chi connectivity index (χ1) is 9.65. The molecule has 2 rings (SSSR count). The van der Waals surface area contributed by atoms with Crippen LogP contribution in [-0.4, -0.2) is 13.4 Å². The second-order valence-electron chi connectivity index (χ2n) is 4.02. The van der Waals surface area contributed by atoms with Crippen LogP contribution in [0.25, 0.3) is 0 Å². The minimum atomic E-state index is 0.257. The van der Waals surface area contributed by atoms with Crippen molar-refractivity contribution in [2.45, 2.75) is 6.61 Å². The third-order valence-corrected chi connectivity index (χ3v) is 3.53. The fraction of sp³-hybridized carbons (Fsp3) is 0.133. The summed E-state index contributed by atoms with van der Waals surface area (Å²) in [5.41, 5.74) is 1.28. The average molecular weight is 356 g/mol. The SMILES string of the molecule is COc1ccc(Br)cc1COc1c(Cl)cccc1C=O. The van der Waals surface area contributed by atoms with Gasteiger partial charge in [-0.05, 0) is 30.3 Å². The summed E-state index contributed by atoms with van der Waals surface area (Å²) in [4.78, 5) is 11.0. The van der Waals surface area contributed by atoms with E-state index in [1.807, 2.05) is 18.2 Å². The van der Waals surface area contributed by atoms with Crippen LogP contribution in [0.3, 0.4) is 0 Å². The lowest BCUT2D eigenvalue weighted by Crippen LogP contribution is -2.01. The van der Waals surface area contributed by atoms with Crippen molar-refractivity contribution in [3.05, 3.63) is 57.0 Å². The second-order valence-corrected chi connectivity index (χ2v) is 5.34. The van der Waals surface area contributed by atoms with Gasteiger partial charge in [0, 0.05) is 10.0 Å². The van der Waals surface area contributed by atoms with Gasteiger partial charge in [-0.1, -0.05) is 33.6 Å². The summed E-state index contributed by atoms with van der Waals surface area (Å²) >= 11 is 9.46. The van der Waals surface area contributed by atoms with Gasteiger partial charge >= 0.3 is 0 Å². The summed E-state index contributed by atoms with van der Waals surface area (Å²) in [7, 11) is 1.60. The van der Waals surface area contributed by atoms with Crippen LogP contribution in [0.5, 0.6) is 11.5 Å². The first-order valence-electron chi connectivity index (χ1n) is 5.84. The minimum Gasteiger partial charge on any atom is -0.496 e. The molecule has 0 N–H and O–H groups in total. The monoisotopic (exact) mass is 354 g/mol. The fourth-order valence-electron chi connectivity index (χ4n) is 1.78. The van der Waals surface area contributed by atoms with Gasteiger partial charge in [-0.2, -0.15) is 0 Å². The number of rotatable bonds is 5. The zero-order valence-corrected chi connectivity index (χ0v) is 13.1. The molecule has 0 aliphatic rings. The van der Waals surface area contributed by atoms with E-state index < -0.39 is 0 Å². The first kappa shape index (κ1) is 14.9. The molecule has 0 aliphatic heterocycles. The van der Waals surface area contributed by atoms with Crippen molar-refractivity contribution >= 4 is 33.8 Å². The number of para-hydroxylation sites is 1. The van der Waals surface area contributed by atoms with Crippen molar-refractivity contribution in [3.63, 3.8) is 0 Å². The molecule has 0 atom stereocenters. The van der Waals surface area contributed by atoms with Crippen LogP contribution in [0.2, 0.25) is 5.02 Å². The van der Waals surface area contributed by atoms with E-state index in [1.54, 1.807) is 25.3 Å². The summed E-state index contributed by atoms with van der Waals surface area (Å²) < 4.78 is 11.9. The second kappa shape index (κ2) is 6.77. The lowest BCUT2D eigenvalue weighted by Gasteiger charge is -2.13. The highest BCUT2D eigenvalue weighted by atomic mass is 79.9. The predicted molar refractivity (Wildman–Crippen MR) is 81.9 cm³/mol. The smallest absolute Gasteiger partial charge is 0.153 e. The molecule has 5 heteroatoms. The van der Waals surface area contributed by atoms with Crippen molar-refractivity contribution in [2.75, 3.05) is 7.11 Å². The van der Waals surface area contributed by atoms with Gasteiger partial charge in [0.05, 0.1) is 17.7 Å². The Morgan fingerprint density at radius 2 is 2.10 bits per heavy atom. The third kappa shape index (κ3) is 3.32. The summed E-state index contributed by atoms with van der Waals surface area (Å²) in [6.07, 6.45) is 0.722. The highest BCUT2D eigenvalue weighted by Gasteiger charge is 2.10. The maximum absolute atomic E-state index is 11.0. The Kier molecular flexibility index (Phi) is 5.04. The average Bonchev–Trinajstić information content (AvgIpc) is 2.46. The number of ether oxygens (including phenoxy) is 2. The molecular formula is C15H12BrClO3. The number of methoxy groups -OCH3 is 1. The van der Waals surface area contributed by atoms with Gasteiger partial charge in [0.25, 0.3) is 0 Å². The Bertz CT molecular complexity index is 629. The van der Waals surface area contributed by atoms with Gasteiger partial charge in [-0.3, -0.25) is 4.79 Å². The summed E-state index contributed by atoms with van der Waals surface area (Å²) in [5, 5.41) is 0.406. The lowest BCUT2D eigenvalue weighted by molar-refractivity contribution is 0.111. The summed E-state index contributed by atoms with van der Waals surface area (Å²) in [6, 6.07) is 10.7. The standard InChI is InChI=1S/C15H12BrClO3/c1-19-14-6-5-12(16)7-11(14)9-20-15-10(8-18)3-2-4-13(15)17/h2-8H,9H2,1H3. The molecule has 2 aromatic rings. The molecule has 2 aromatic carbocycles. The molecule has 0 unspecified atom stereocenters. The molecule has 0 fully saturated rings. The highest BCUT2D eigenvalue weighted by molar-refractivity contribution is 9.10. The van der Waals surface area contributed by atoms with Crippen LogP contribution in [0.1, 0.15) is 15.9 Å². The molecule has 0 saturated carbocycles. The molecule has 3 nitrogen and oxygen atoms in total. The third-order valence-electron chi connectivity index (χ3n) is 2.74. The Morgan fingerprint density at radius 3 is 2.80 bits per heavy atom. The maximum atomic E-state index is 11.0. The quantitative estimate of drug-likeness (QED) is 0.741. The van der Waals surface area contributed by atoms with Crippen molar-refractivity contribution in [3.8, 4) is 11.5 Å². The Hall–Kier alpha value is -1.52. The van der Waals surface area contributed by atoms with E-state index in [9.17, 15) is 4.79 Å². The molecule has 0 aliphatic carbocycles. The fourth-order valence-corrected chi connectivity index (χ4v) is 2.43. The van der Waals surface area contributed by atoms with Crippen molar-refractivity contribution in [2.24, 2.45) is 0 Å². The van der Waals surface area contributed by atoms with Gasteiger partial charge in [-0.25, -0.2) is 0 Å². The maximum Gasteiger partial charge on any atom is 0.153 e. The van der Waals surface area contributed by atoms with E-state index in [0.717, 1.165) is 16.3 Å². The van der Waals surface area contributed by atoms with Crippen molar-refractivity contribution in [1.29, 1.82) is 0 Å². The van der Waals surface area contributed by atoms with E-state index in [4.69, 9.17) is 21.1 Å². The molecule has 0 saturated heterocycles. The van der Waals surface area contributed by atoms with Gasteiger partial charge in [-0.15, -0.1) is 0 Å². The number of hydrogen-bond acceptors (Lipinski definition) is 3. The molecule has 0 aromatic heterocycles. The van der Waals surface area contributed by atoms with Crippen LogP contribution >= 0.6 is 27.5 Å². The lowest BCUT2D eigenvalue weighted by atomic mass is 10.2. The molecule has 0 heterocycles. The van der Waals surface area contributed by atoms with E-state index in [2.05, 4.69) is 15.9 Å². The zero-order chi connectivity index (χ0) is 14.5. The molecule has 0 radical (unpaired) electrons. The van der Waals surface area contributed by atoms with E-state index in [1.165, 1.54) is 0 Å². The molecule has 0 spiro atoms. The van der Waals surface area contributed by atoms with E-state index in [0.29, 0.717) is 22.1 Å². The molecule has 0 amide bonds. The topological polar surface area (TPSA) is 35.5 Å². The number of benzene rings is 2. The van der Waals surface area contributed by atoms with Gasteiger partial charge < -0.3 is 9.47 Å². The molecule has 20 heavy (non-hydrogen) atoms. The minimum absolute atomic E-state index is 0.257. The Labute approximate surface area is 130 Å². The molecular weight excluding hydrogens is 344 g/mol. The van der Waals surface area contributed by atoms with Gasteiger partial charge in [0.1, 0.15) is 18.1 Å². The first-order valence-corrected chi connectivity index (χ1v) is 7.01. The number of carbonyl (C=O) groups is 1. The largest absolute Gasteiger partial charge is 0.496 e. The van der Waals surface area contributed by atoms with E-state index >= 15 is 0 Å². The number of hydrogen-bond donors (Lipinski definition) is 0. The summed E-state index contributed by atoms with van der Waals surface area (Å²) in [5.74, 6) is 1.10. The molecule has 104 valence electrons. The van der Waals surface area contributed by atoms with Gasteiger partial charge in [0.2, 0.25) is 0 Å². The van der Waals surface area contributed by atoms with Crippen LogP contribution in [0.4, 0.5) is 0 Å². The number of aldehydes is 1. The van der Waals surface area contributed by atoms with Crippen LogP contribution in [-0.2, 0) is 6.61 Å². The van der Waals surface area contributed by atoms with Crippen LogP contribution in [0.15, 0.2) is 40.9 Å². The normalized spacial score (nSPS) is 10.2.